The van der Waals surface area contributed by atoms with Crippen LogP contribution < -0.4 is 5.32 Å². The summed E-state index contributed by atoms with van der Waals surface area (Å²) in [5, 5.41) is 19.4. The third-order valence-electron chi connectivity index (χ3n) is 2.13. The van der Waals surface area contributed by atoms with Gasteiger partial charge >= 0.3 is 18.2 Å². The standard InChI is InChI=1S/C10H17F3N2O4/c1-2-5-15(6-10(11,12)13)9(19)14-4-3-7(16)8(17)18/h7,16H,2-6H2,1H3,(H,14,19)(H,17,18)/t7-/m0/s1. The zero-order chi connectivity index (χ0) is 15.1. The van der Waals surface area contributed by atoms with Crippen molar-refractivity contribution in [3.05, 3.63) is 0 Å². The molecule has 0 fully saturated rings. The van der Waals surface area contributed by atoms with Crippen LogP contribution >= 0.6 is 0 Å². The van der Waals surface area contributed by atoms with Gasteiger partial charge in [-0.15, -0.1) is 0 Å². The van der Waals surface area contributed by atoms with Crippen molar-refractivity contribution in [3.63, 3.8) is 0 Å². The molecule has 0 aromatic carbocycles. The average Bonchev–Trinajstić information content (AvgIpc) is 2.26. The highest BCUT2D eigenvalue weighted by Crippen LogP contribution is 2.16. The van der Waals surface area contributed by atoms with Gasteiger partial charge in [-0.3, -0.25) is 0 Å². The first-order valence-electron chi connectivity index (χ1n) is 5.67. The van der Waals surface area contributed by atoms with Gasteiger partial charge in [-0.2, -0.15) is 13.2 Å². The minimum Gasteiger partial charge on any atom is -0.479 e. The van der Waals surface area contributed by atoms with Crippen LogP contribution in [0.25, 0.3) is 0 Å². The highest BCUT2D eigenvalue weighted by molar-refractivity contribution is 5.74. The molecule has 2 amide bonds. The molecule has 0 aliphatic carbocycles. The fraction of sp³-hybridized carbons (Fsp3) is 0.800. The van der Waals surface area contributed by atoms with Crippen molar-refractivity contribution in [1.82, 2.24) is 10.2 Å². The molecule has 0 aliphatic rings. The van der Waals surface area contributed by atoms with E-state index in [9.17, 15) is 22.8 Å². The van der Waals surface area contributed by atoms with Crippen LogP contribution in [0.15, 0.2) is 0 Å². The number of aliphatic hydroxyl groups is 1. The zero-order valence-electron chi connectivity index (χ0n) is 10.4. The Hall–Kier alpha value is -1.51. The van der Waals surface area contributed by atoms with E-state index in [1.54, 1.807) is 6.92 Å². The lowest BCUT2D eigenvalue weighted by molar-refractivity contribution is -0.146. The molecule has 0 aliphatic heterocycles. The largest absolute Gasteiger partial charge is 0.479 e. The van der Waals surface area contributed by atoms with Crippen LogP contribution in [0.1, 0.15) is 19.8 Å². The number of aliphatic carboxylic acids is 1. The SMILES string of the molecule is CCCN(CC(F)(F)F)C(=O)NCC[C@H](O)C(=O)O. The fourth-order valence-electron chi connectivity index (χ4n) is 1.29. The van der Waals surface area contributed by atoms with Gasteiger partial charge in [0.25, 0.3) is 0 Å². The summed E-state index contributed by atoms with van der Waals surface area (Å²) in [5.74, 6) is -1.45. The molecular formula is C10H17F3N2O4. The third-order valence-corrected chi connectivity index (χ3v) is 2.13. The predicted molar refractivity (Wildman–Crippen MR) is 59.6 cm³/mol. The smallest absolute Gasteiger partial charge is 0.406 e. The van der Waals surface area contributed by atoms with Crippen LogP contribution in [0.5, 0.6) is 0 Å². The van der Waals surface area contributed by atoms with Crippen LogP contribution in [-0.4, -0.2) is 59.0 Å². The Morgan fingerprint density at radius 2 is 1.95 bits per heavy atom. The monoisotopic (exact) mass is 286 g/mol. The van der Waals surface area contributed by atoms with Gasteiger partial charge in [0, 0.05) is 19.5 Å². The van der Waals surface area contributed by atoms with Gasteiger partial charge in [-0.25, -0.2) is 9.59 Å². The molecule has 0 heterocycles. The second kappa shape index (κ2) is 7.82. The second-order valence-corrected chi connectivity index (χ2v) is 3.91. The van der Waals surface area contributed by atoms with Gasteiger partial charge in [0.05, 0.1) is 0 Å². The van der Waals surface area contributed by atoms with E-state index in [0.717, 1.165) is 0 Å². The maximum atomic E-state index is 12.2. The van der Waals surface area contributed by atoms with Gasteiger partial charge in [0.1, 0.15) is 6.54 Å². The summed E-state index contributed by atoms with van der Waals surface area (Å²) in [6.45, 7) is -0.0177. The lowest BCUT2D eigenvalue weighted by Crippen LogP contribution is -2.45. The van der Waals surface area contributed by atoms with Crippen LogP contribution in [-0.2, 0) is 4.79 Å². The Morgan fingerprint density at radius 3 is 2.37 bits per heavy atom. The Kier molecular flexibility index (Phi) is 7.20. The van der Waals surface area contributed by atoms with Crippen LogP contribution in [0, 0.1) is 0 Å². The molecule has 0 radical (unpaired) electrons. The molecule has 0 unspecified atom stereocenters. The summed E-state index contributed by atoms with van der Waals surface area (Å²) in [5.41, 5.74) is 0. The van der Waals surface area contributed by atoms with Crippen LogP contribution in [0.3, 0.4) is 0 Å². The number of nitrogens with zero attached hydrogens (tertiary/aromatic N) is 1. The normalized spacial score (nSPS) is 12.9. The van der Waals surface area contributed by atoms with E-state index in [4.69, 9.17) is 10.2 Å². The number of rotatable bonds is 7. The summed E-state index contributed by atoms with van der Waals surface area (Å²) in [6.07, 6.45) is -6.05. The fourth-order valence-corrected chi connectivity index (χ4v) is 1.29. The lowest BCUT2D eigenvalue weighted by atomic mass is 10.2. The molecule has 0 aromatic heterocycles. The van der Waals surface area contributed by atoms with E-state index >= 15 is 0 Å². The molecule has 3 N–H and O–H groups in total. The Balaban J connectivity index is 4.22. The van der Waals surface area contributed by atoms with Crippen molar-refractivity contribution in [2.75, 3.05) is 19.6 Å². The van der Waals surface area contributed by atoms with E-state index in [0.29, 0.717) is 11.3 Å². The zero-order valence-corrected chi connectivity index (χ0v) is 10.4. The maximum Gasteiger partial charge on any atom is 0.406 e. The van der Waals surface area contributed by atoms with E-state index in [1.807, 2.05) is 0 Å². The number of hydrogen-bond donors (Lipinski definition) is 3. The first kappa shape index (κ1) is 17.5. The predicted octanol–water partition coefficient (Wildman–Crippen LogP) is 0.806. The summed E-state index contributed by atoms with van der Waals surface area (Å²) in [6, 6.07) is -0.934. The van der Waals surface area contributed by atoms with Crippen molar-refractivity contribution in [2.24, 2.45) is 0 Å². The summed E-state index contributed by atoms with van der Waals surface area (Å²) < 4.78 is 36.6. The van der Waals surface area contributed by atoms with E-state index in [2.05, 4.69) is 5.32 Å². The molecular weight excluding hydrogens is 269 g/mol. The first-order chi connectivity index (χ1) is 8.67. The van der Waals surface area contributed by atoms with Gasteiger partial charge in [-0.1, -0.05) is 6.92 Å². The Morgan fingerprint density at radius 1 is 1.37 bits per heavy atom. The topological polar surface area (TPSA) is 89.9 Å². The molecule has 9 heteroatoms. The number of halogens is 3. The molecule has 112 valence electrons. The van der Waals surface area contributed by atoms with Gasteiger partial charge in [0.15, 0.2) is 6.10 Å². The maximum absolute atomic E-state index is 12.2. The summed E-state index contributed by atoms with van der Waals surface area (Å²) in [4.78, 5) is 22.3. The van der Waals surface area contributed by atoms with Crippen molar-refractivity contribution in [3.8, 4) is 0 Å². The van der Waals surface area contributed by atoms with Gasteiger partial charge in [0.2, 0.25) is 0 Å². The third kappa shape index (κ3) is 8.25. The molecule has 6 nitrogen and oxygen atoms in total. The lowest BCUT2D eigenvalue weighted by Gasteiger charge is -2.23. The molecule has 0 spiro atoms. The van der Waals surface area contributed by atoms with Crippen LogP contribution in [0.4, 0.5) is 18.0 Å². The minimum atomic E-state index is -4.49. The van der Waals surface area contributed by atoms with Crippen molar-refractivity contribution < 1.29 is 33.0 Å². The Labute approximate surface area is 108 Å². The number of carboxylic acid groups (broad SMARTS) is 1. The molecule has 0 rings (SSSR count). The molecule has 0 saturated heterocycles. The van der Waals surface area contributed by atoms with E-state index in [1.165, 1.54) is 0 Å². The number of carbonyl (C=O) groups excluding carboxylic acids is 1. The molecule has 19 heavy (non-hydrogen) atoms. The van der Waals surface area contributed by atoms with E-state index in [-0.39, 0.29) is 19.5 Å². The first-order valence-corrected chi connectivity index (χ1v) is 5.67. The molecule has 0 bridgehead atoms. The highest BCUT2D eigenvalue weighted by Gasteiger charge is 2.32. The van der Waals surface area contributed by atoms with Crippen molar-refractivity contribution >= 4 is 12.0 Å². The van der Waals surface area contributed by atoms with Gasteiger partial charge in [-0.05, 0) is 6.42 Å². The number of nitrogens with one attached hydrogen (secondary N) is 1. The van der Waals surface area contributed by atoms with Crippen LogP contribution in [0.2, 0.25) is 0 Å². The number of carboxylic acids is 1. The number of urea groups is 1. The average molecular weight is 286 g/mol. The molecule has 0 aromatic rings. The number of carbonyl (C=O) groups is 2. The van der Waals surface area contributed by atoms with Crippen molar-refractivity contribution in [1.29, 1.82) is 0 Å². The number of hydrogen-bond acceptors (Lipinski definition) is 3. The number of amides is 2. The summed E-state index contributed by atoms with van der Waals surface area (Å²) >= 11 is 0. The molecule has 1 atom stereocenters. The Bertz CT molecular complexity index is 310. The van der Waals surface area contributed by atoms with Gasteiger partial charge < -0.3 is 20.4 Å². The minimum absolute atomic E-state index is 0.0627. The van der Waals surface area contributed by atoms with E-state index < -0.39 is 30.8 Å². The summed E-state index contributed by atoms with van der Waals surface area (Å²) in [7, 11) is 0. The second-order valence-electron chi connectivity index (χ2n) is 3.91. The van der Waals surface area contributed by atoms with Crippen molar-refractivity contribution in [2.45, 2.75) is 32.0 Å². The number of aliphatic hydroxyl groups excluding tert-OH is 1. The quantitative estimate of drug-likeness (QED) is 0.646. The highest BCUT2D eigenvalue weighted by atomic mass is 19.4. The number of alkyl halides is 3. The molecule has 0 saturated carbocycles.